The molecule has 0 bridgehead atoms. The summed E-state index contributed by atoms with van der Waals surface area (Å²) in [6.07, 6.45) is 3.10. The molecule has 9 heteroatoms. The zero-order valence-corrected chi connectivity index (χ0v) is 16.4. The summed E-state index contributed by atoms with van der Waals surface area (Å²) in [5, 5.41) is 11.2. The predicted octanol–water partition coefficient (Wildman–Crippen LogP) is 2.96. The number of carbonyl (C=O) groups is 2. The minimum atomic E-state index is -0.548. The summed E-state index contributed by atoms with van der Waals surface area (Å²) in [5.41, 5.74) is 1.68. The van der Waals surface area contributed by atoms with Crippen molar-refractivity contribution in [3.05, 3.63) is 58.5 Å². The second-order valence-corrected chi connectivity index (χ2v) is 6.54. The average Bonchev–Trinajstić information content (AvgIpc) is 3.19. The first kappa shape index (κ1) is 18.8. The van der Waals surface area contributed by atoms with E-state index in [-0.39, 0.29) is 30.4 Å². The number of nitrogens with zero attached hydrogens (tertiary/aromatic N) is 4. The lowest BCUT2D eigenvalue weighted by atomic mass is 10.3. The summed E-state index contributed by atoms with van der Waals surface area (Å²) >= 11 is 3.37. The molecule has 2 aromatic heterocycles. The number of ether oxygens (including phenoxy) is 1. The number of amides is 1. The molecular formula is C18H18BrN5O3. The van der Waals surface area contributed by atoms with Crippen LogP contribution in [0.3, 0.4) is 0 Å². The van der Waals surface area contributed by atoms with Gasteiger partial charge in [0, 0.05) is 6.20 Å². The normalized spacial score (nSPS) is 10.6. The molecule has 0 spiro atoms. The number of halogens is 1. The summed E-state index contributed by atoms with van der Waals surface area (Å²) < 4.78 is 8.90. The van der Waals surface area contributed by atoms with Gasteiger partial charge < -0.3 is 10.1 Å². The van der Waals surface area contributed by atoms with Gasteiger partial charge in [-0.05, 0) is 41.9 Å². The maximum atomic E-state index is 12.5. The average molecular weight is 432 g/mol. The number of anilines is 1. The maximum Gasteiger partial charge on any atom is 0.343 e. The number of hydrogen-bond donors (Lipinski definition) is 1. The fourth-order valence-electron chi connectivity index (χ4n) is 2.49. The highest BCUT2D eigenvalue weighted by Crippen LogP contribution is 2.21. The van der Waals surface area contributed by atoms with Crippen LogP contribution in [-0.2, 0) is 16.1 Å². The molecule has 1 amide bonds. The molecule has 1 aromatic carbocycles. The van der Waals surface area contributed by atoms with Crippen molar-refractivity contribution in [3.8, 4) is 5.69 Å². The first-order chi connectivity index (χ1) is 13.0. The molecule has 0 fully saturated rings. The fraction of sp³-hybridized carbons (Fsp3) is 0.222. The Kier molecular flexibility index (Phi) is 5.70. The molecule has 0 saturated heterocycles. The fourth-order valence-corrected chi connectivity index (χ4v) is 2.80. The van der Waals surface area contributed by atoms with E-state index in [1.807, 2.05) is 37.3 Å². The van der Waals surface area contributed by atoms with Crippen LogP contribution < -0.4 is 5.32 Å². The van der Waals surface area contributed by atoms with Gasteiger partial charge >= 0.3 is 5.97 Å². The lowest BCUT2D eigenvalue weighted by molar-refractivity contribution is -0.116. The van der Waals surface area contributed by atoms with E-state index >= 15 is 0 Å². The Labute approximate surface area is 164 Å². The van der Waals surface area contributed by atoms with Gasteiger partial charge in [-0.1, -0.05) is 18.2 Å². The minimum absolute atomic E-state index is 0.00528. The third-order valence-corrected chi connectivity index (χ3v) is 4.49. The van der Waals surface area contributed by atoms with Crippen LogP contribution in [0.25, 0.3) is 5.69 Å². The van der Waals surface area contributed by atoms with Gasteiger partial charge in [-0.2, -0.15) is 10.2 Å². The molecule has 0 aliphatic rings. The SMILES string of the molecule is CCOC(=O)c1cnn(-c2ccccc2)c1NC(=O)Cn1cc(Br)c(C)n1. The molecule has 3 aromatic rings. The van der Waals surface area contributed by atoms with E-state index in [1.54, 1.807) is 13.1 Å². The number of esters is 1. The highest BCUT2D eigenvalue weighted by molar-refractivity contribution is 9.10. The van der Waals surface area contributed by atoms with Gasteiger partial charge in [0.15, 0.2) is 5.82 Å². The molecule has 0 atom stereocenters. The van der Waals surface area contributed by atoms with Crippen molar-refractivity contribution >= 4 is 33.6 Å². The second-order valence-electron chi connectivity index (χ2n) is 5.68. The molecule has 3 rings (SSSR count). The molecule has 1 N–H and O–H groups in total. The summed E-state index contributed by atoms with van der Waals surface area (Å²) in [6.45, 7) is 3.77. The Morgan fingerprint density at radius 1 is 1.26 bits per heavy atom. The first-order valence-electron chi connectivity index (χ1n) is 8.29. The van der Waals surface area contributed by atoms with E-state index < -0.39 is 5.97 Å². The van der Waals surface area contributed by atoms with E-state index in [0.29, 0.717) is 5.69 Å². The zero-order valence-electron chi connectivity index (χ0n) is 14.8. The van der Waals surface area contributed by atoms with Gasteiger partial charge in [0.05, 0.1) is 28.7 Å². The Bertz CT molecular complexity index is 945. The lowest BCUT2D eigenvalue weighted by Crippen LogP contribution is -2.22. The van der Waals surface area contributed by atoms with E-state index in [9.17, 15) is 9.59 Å². The van der Waals surface area contributed by atoms with Crippen molar-refractivity contribution in [3.63, 3.8) is 0 Å². The van der Waals surface area contributed by atoms with E-state index in [0.717, 1.165) is 10.2 Å². The number of rotatable bonds is 6. The van der Waals surface area contributed by atoms with Gasteiger partial charge in [-0.15, -0.1) is 0 Å². The minimum Gasteiger partial charge on any atom is -0.462 e. The molecule has 2 heterocycles. The summed E-state index contributed by atoms with van der Waals surface area (Å²) in [4.78, 5) is 24.8. The molecular weight excluding hydrogens is 414 g/mol. The first-order valence-corrected chi connectivity index (χ1v) is 9.09. The molecule has 0 aliphatic carbocycles. The van der Waals surface area contributed by atoms with E-state index in [2.05, 4.69) is 31.4 Å². The monoisotopic (exact) mass is 431 g/mol. The standard InChI is InChI=1S/C18H18BrN5O3/c1-3-27-18(26)14-9-20-24(13-7-5-4-6-8-13)17(14)21-16(25)11-23-10-15(19)12(2)22-23/h4-10H,3,11H2,1-2H3,(H,21,25). The largest absolute Gasteiger partial charge is 0.462 e. The van der Waals surface area contributed by atoms with Crippen LogP contribution in [-0.4, -0.2) is 38.0 Å². The van der Waals surface area contributed by atoms with Crippen LogP contribution in [0, 0.1) is 6.92 Å². The van der Waals surface area contributed by atoms with Crippen LogP contribution in [0.4, 0.5) is 5.82 Å². The maximum absolute atomic E-state index is 12.5. The van der Waals surface area contributed by atoms with Crippen molar-refractivity contribution in [2.75, 3.05) is 11.9 Å². The highest BCUT2D eigenvalue weighted by atomic mass is 79.9. The highest BCUT2D eigenvalue weighted by Gasteiger charge is 2.21. The Morgan fingerprint density at radius 2 is 2.00 bits per heavy atom. The molecule has 0 saturated carbocycles. The number of para-hydroxylation sites is 1. The number of aromatic nitrogens is 4. The summed E-state index contributed by atoms with van der Waals surface area (Å²) in [5.74, 6) is -0.631. The predicted molar refractivity (Wildman–Crippen MR) is 103 cm³/mol. The second kappa shape index (κ2) is 8.17. The topological polar surface area (TPSA) is 91.0 Å². The number of nitrogens with one attached hydrogen (secondary N) is 1. The van der Waals surface area contributed by atoms with Gasteiger partial charge in [0.2, 0.25) is 5.91 Å². The Morgan fingerprint density at radius 3 is 2.63 bits per heavy atom. The van der Waals surface area contributed by atoms with E-state index in [4.69, 9.17) is 4.74 Å². The number of hydrogen-bond acceptors (Lipinski definition) is 5. The van der Waals surface area contributed by atoms with Gasteiger partial charge in [-0.3, -0.25) is 9.48 Å². The summed E-state index contributed by atoms with van der Waals surface area (Å²) in [6, 6.07) is 9.21. The molecule has 140 valence electrons. The van der Waals surface area contributed by atoms with Crippen molar-refractivity contribution in [1.82, 2.24) is 19.6 Å². The van der Waals surface area contributed by atoms with Crippen LogP contribution in [0.2, 0.25) is 0 Å². The van der Waals surface area contributed by atoms with Crippen molar-refractivity contribution < 1.29 is 14.3 Å². The Hall–Kier alpha value is -2.94. The van der Waals surface area contributed by atoms with E-state index in [1.165, 1.54) is 15.6 Å². The van der Waals surface area contributed by atoms with Gasteiger partial charge in [0.25, 0.3) is 0 Å². The van der Waals surface area contributed by atoms with Crippen LogP contribution in [0.1, 0.15) is 23.0 Å². The van der Waals surface area contributed by atoms with Crippen molar-refractivity contribution in [2.24, 2.45) is 0 Å². The third kappa shape index (κ3) is 4.25. The number of aryl methyl sites for hydroxylation is 1. The molecule has 0 radical (unpaired) electrons. The third-order valence-electron chi connectivity index (χ3n) is 3.72. The number of benzene rings is 1. The molecule has 0 aliphatic heterocycles. The van der Waals surface area contributed by atoms with Crippen LogP contribution in [0.5, 0.6) is 0 Å². The number of carbonyl (C=O) groups excluding carboxylic acids is 2. The Balaban J connectivity index is 1.90. The molecule has 27 heavy (non-hydrogen) atoms. The van der Waals surface area contributed by atoms with Gasteiger partial charge in [0.1, 0.15) is 12.1 Å². The lowest BCUT2D eigenvalue weighted by Gasteiger charge is -2.11. The van der Waals surface area contributed by atoms with Crippen molar-refractivity contribution in [2.45, 2.75) is 20.4 Å². The summed E-state index contributed by atoms with van der Waals surface area (Å²) in [7, 11) is 0. The molecule has 8 nitrogen and oxygen atoms in total. The zero-order chi connectivity index (χ0) is 19.4. The van der Waals surface area contributed by atoms with Crippen LogP contribution >= 0.6 is 15.9 Å². The molecule has 0 unspecified atom stereocenters. The van der Waals surface area contributed by atoms with Crippen LogP contribution in [0.15, 0.2) is 47.2 Å². The smallest absolute Gasteiger partial charge is 0.343 e. The van der Waals surface area contributed by atoms with Gasteiger partial charge in [-0.25, -0.2) is 9.48 Å². The van der Waals surface area contributed by atoms with Crippen molar-refractivity contribution in [1.29, 1.82) is 0 Å². The quantitative estimate of drug-likeness (QED) is 0.605.